The molecule has 4 bridgehead atoms. The lowest BCUT2D eigenvalue weighted by molar-refractivity contribution is 0.150. The Hall–Kier alpha value is -1.55. The van der Waals surface area contributed by atoms with Gasteiger partial charge in [0.05, 0.1) is 10.2 Å². The number of rotatable bonds is 2. The molecule has 2 fully saturated rings. The average molecular weight is 311 g/mol. The van der Waals surface area contributed by atoms with Crippen LogP contribution >= 0.6 is 11.3 Å². The zero-order valence-electron chi connectivity index (χ0n) is 12.9. The van der Waals surface area contributed by atoms with Crippen LogP contribution in [-0.2, 0) is 7.05 Å². The molecule has 0 saturated heterocycles. The van der Waals surface area contributed by atoms with Crippen molar-refractivity contribution < 1.29 is 0 Å². The molecule has 114 valence electrons. The molecule has 0 amide bonds. The van der Waals surface area contributed by atoms with E-state index in [1.807, 2.05) is 0 Å². The van der Waals surface area contributed by atoms with E-state index in [9.17, 15) is 0 Å². The molecular formula is C18H21N3S. The Morgan fingerprint density at radius 2 is 1.91 bits per heavy atom. The zero-order chi connectivity index (χ0) is 14.7. The van der Waals surface area contributed by atoms with Crippen LogP contribution in [0.3, 0.4) is 0 Å². The first kappa shape index (κ1) is 12.9. The quantitative estimate of drug-likeness (QED) is 0.841. The summed E-state index contributed by atoms with van der Waals surface area (Å²) in [6, 6.07) is 8.52. The highest BCUT2D eigenvalue weighted by Crippen LogP contribution is 2.52. The smallest absolute Gasteiger partial charge is 0.208 e. The maximum Gasteiger partial charge on any atom is 0.208 e. The number of fused-ring (bicyclic) bond motifs is 1. The Morgan fingerprint density at radius 3 is 2.64 bits per heavy atom. The summed E-state index contributed by atoms with van der Waals surface area (Å²) in [5.41, 5.74) is 7.88. The Morgan fingerprint density at radius 1 is 1.14 bits per heavy atom. The first-order valence-corrected chi connectivity index (χ1v) is 9.16. The molecule has 0 aliphatic heterocycles. The highest BCUT2D eigenvalue weighted by atomic mass is 32.1. The summed E-state index contributed by atoms with van der Waals surface area (Å²) >= 11 is 1.76. The van der Waals surface area contributed by atoms with Crippen LogP contribution in [0.4, 0.5) is 0 Å². The summed E-state index contributed by atoms with van der Waals surface area (Å²) in [6.07, 6.45) is 6.90. The van der Waals surface area contributed by atoms with Crippen LogP contribution in [0.25, 0.3) is 10.2 Å². The number of aryl methyl sites for hydroxylation is 1. The third-order valence-electron chi connectivity index (χ3n) is 5.75. The lowest BCUT2D eigenvalue weighted by atomic mass is 9.60. The van der Waals surface area contributed by atoms with Crippen molar-refractivity contribution in [3.63, 3.8) is 0 Å². The molecule has 4 aliphatic rings. The van der Waals surface area contributed by atoms with E-state index in [4.69, 9.17) is 5.10 Å². The summed E-state index contributed by atoms with van der Waals surface area (Å²) in [5.74, 6) is 2.70. The van der Waals surface area contributed by atoms with Crippen LogP contribution in [0.15, 0.2) is 40.6 Å². The van der Waals surface area contributed by atoms with Crippen LogP contribution in [0.5, 0.6) is 0 Å². The molecule has 1 aromatic carbocycles. The number of nitrogens with one attached hydrogen (secondary N) is 1. The fraction of sp³-hybridized carbons (Fsp3) is 0.500. The minimum atomic E-state index is 0.754. The first-order valence-electron chi connectivity index (χ1n) is 8.34. The van der Waals surface area contributed by atoms with Gasteiger partial charge in [0.15, 0.2) is 0 Å². The Labute approximate surface area is 134 Å². The van der Waals surface area contributed by atoms with Gasteiger partial charge in [-0.2, -0.15) is 0 Å². The molecule has 1 unspecified atom stereocenters. The second-order valence-electron chi connectivity index (χ2n) is 7.20. The standard InChI is InChI=1S/C18H21N3S/c1-21-15-4-2-3-5-16(15)22-18(21)20-19-17-13-7-11-6-12(9-13)10-14(17)8-11/h2-5,11-13,19H,6-10H2,1H3/b20-18-/t11-,12+,13?. The molecule has 3 nitrogen and oxygen atoms in total. The number of hydrogen-bond acceptors (Lipinski definition) is 3. The second kappa shape index (κ2) is 4.72. The topological polar surface area (TPSA) is 29.3 Å². The highest BCUT2D eigenvalue weighted by molar-refractivity contribution is 7.16. The molecule has 0 spiro atoms. The molecular weight excluding hydrogens is 290 g/mol. The van der Waals surface area contributed by atoms with Crippen molar-refractivity contribution in [2.45, 2.75) is 32.1 Å². The minimum absolute atomic E-state index is 0.754. The number of thiazole rings is 1. The molecule has 2 aromatic rings. The monoisotopic (exact) mass is 311 g/mol. The van der Waals surface area contributed by atoms with Gasteiger partial charge in [0.25, 0.3) is 0 Å². The molecule has 4 aliphatic carbocycles. The average Bonchev–Trinajstić information content (AvgIpc) is 2.83. The van der Waals surface area contributed by atoms with E-state index in [0.717, 1.165) is 22.6 Å². The molecule has 1 heterocycles. The highest BCUT2D eigenvalue weighted by Gasteiger charge is 2.41. The minimum Gasteiger partial charge on any atom is -0.318 e. The van der Waals surface area contributed by atoms with E-state index < -0.39 is 0 Å². The van der Waals surface area contributed by atoms with Crippen LogP contribution in [0.2, 0.25) is 0 Å². The van der Waals surface area contributed by atoms with Gasteiger partial charge in [-0.05, 0) is 61.6 Å². The van der Waals surface area contributed by atoms with Crippen molar-refractivity contribution >= 4 is 21.6 Å². The van der Waals surface area contributed by atoms with E-state index in [1.54, 1.807) is 16.9 Å². The number of benzene rings is 1. The lowest BCUT2D eigenvalue weighted by Gasteiger charge is -2.47. The maximum absolute atomic E-state index is 4.76. The Bertz CT molecular complexity index is 825. The van der Waals surface area contributed by atoms with E-state index >= 15 is 0 Å². The van der Waals surface area contributed by atoms with Gasteiger partial charge in [0.1, 0.15) is 0 Å². The number of allylic oxidation sites excluding steroid dienone is 2. The van der Waals surface area contributed by atoms with Crippen molar-refractivity contribution in [1.29, 1.82) is 0 Å². The van der Waals surface area contributed by atoms with Crippen LogP contribution in [0.1, 0.15) is 32.1 Å². The van der Waals surface area contributed by atoms with Gasteiger partial charge in [-0.1, -0.05) is 23.5 Å². The number of nitrogens with zero attached hydrogens (tertiary/aromatic N) is 2. The van der Waals surface area contributed by atoms with Gasteiger partial charge < -0.3 is 4.57 Å². The van der Waals surface area contributed by atoms with Gasteiger partial charge in [-0.25, -0.2) is 0 Å². The summed E-state index contributed by atoms with van der Waals surface area (Å²) in [6.45, 7) is 0. The van der Waals surface area contributed by atoms with Gasteiger partial charge in [0.2, 0.25) is 4.80 Å². The second-order valence-corrected chi connectivity index (χ2v) is 8.21. The van der Waals surface area contributed by atoms with Crippen molar-refractivity contribution in [1.82, 2.24) is 9.99 Å². The maximum atomic E-state index is 4.76. The number of hydrogen-bond donors (Lipinski definition) is 1. The van der Waals surface area contributed by atoms with E-state index in [1.165, 1.54) is 48.0 Å². The van der Waals surface area contributed by atoms with Gasteiger partial charge in [-0.3, -0.25) is 5.43 Å². The van der Waals surface area contributed by atoms with Gasteiger partial charge >= 0.3 is 0 Å². The largest absolute Gasteiger partial charge is 0.318 e. The summed E-state index contributed by atoms with van der Waals surface area (Å²) in [7, 11) is 2.11. The fourth-order valence-corrected chi connectivity index (χ4v) is 5.87. The van der Waals surface area contributed by atoms with Crippen LogP contribution in [0, 0.1) is 17.8 Å². The predicted molar refractivity (Wildman–Crippen MR) is 90.1 cm³/mol. The van der Waals surface area contributed by atoms with E-state index in [-0.39, 0.29) is 0 Å². The SMILES string of the molecule is Cn1/c(=N/NC2=C3C[C@@H]4CC2C[C@H](C3)C4)sc2ccccc21. The van der Waals surface area contributed by atoms with E-state index in [2.05, 4.69) is 41.3 Å². The predicted octanol–water partition coefficient (Wildman–Crippen LogP) is 3.74. The summed E-state index contributed by atoms with van der Waals surface area (Å²) in [4.78, 5) is 1.06. The molecule has 3 atom stereocenters. The fourth-order valence-electron chi connectivity index (χ4n) is 4.89. The third-order valence-corrected chi connectivity index (χ3v) is 6.86. The lowest BCUT2D eigenvalue weighted by Crippen LogP contribution is -2.38. The third kappa shape index (κ3) is 1.89. The van der Waals surface area contributed by atoms with Gasteiger partial charge in [0, 0.05) is 18.7 Å². The Balaban J connectivity index is 1.52. The number of aromatic nitrogens is 1. The summed E-state index contributed by atoms with van der Waals surface area (Å²) in [5, 5.41) is 4.76. The Kier molecular flexibility index (Phi) is 2.78. The van der Waals surface area contributed by atoms with Crippen molar-refractivity contribution in [3.05, 3.63) is 40.3 Å². The number of para-hydroxylation sites is 1. The molecule has 22 heavy (non-hydrogen) atoms. The summed E-state index contributed by atoms with van der Waals surface area (Å²) < 4.78 is 3.49. The van der Waals surface area contributed by atoms with Gasteiger partial charge in [-0.15, -0.1) is 5.10 Å². The van der Waals surface area contributed by atoms with Crippen molar-refractivity contribution in [3.8, 4) is 0 Å². The molecule has 1 aromatic heterocycles. The molecule has 0 radical (unpaired) electrons. The van der Waals surface area contributed by atoms with Crippen molar-refractivity contribution in [2.75, 3.05) is 0 Å². The first-order chi connectivity index (χ1) is 10.8. The molecule has 1 N–H and O–H groups in total. The van der Waals surface area contributed by atoms with Crippen LogP contribution < -0.4 is 10.2 Å². The van der Waals surface area contributed by atoms with Crippen molar-refractivity contribution in [2.24, 2.45) is 29.9 Å². The van der Waals surface area contributed by atoms with E-state index in [0.29, 0.717) is 0 Å². The molecule has 4 heteroatoms. The normalized spacial score (nSPS) is 30.6. The molecule has 6 rings (SSSR count). The zero-order valence-corrected chi connectivity index (χ0v) is 13.7. The molecule has 2 saturated carbocycles. The van der Waals surface area contributed by atoms with Crippen LogP contribution in [-0.4, -0.2) is 4.57 Å².